The summed E-state index contributed by atoms with van der Waals surface area (Å²) in [5.41, 5.74) is 0. The van der Waals surface area contributed by atoms with Crippen molar-refractivity contribution in [1.29, 1.82) is 0 Å². The zero-order valence-corrected chi connectivity index (χ0v) is 15.0. The quantitative estimate of drug-likeness (QED) is 0.852. The standard InChI is InChI=1S/C17H25FN2O3S/c1-3-14(4-2)19-17(21)13-9-11-20(12-10-13)24(22,23)16-8-6-5-7-15(16)18/h5-8,13-14H,3-4,9-12H2,1-2H3,(H,19,21). The Kier molecular flexibility index (Phi) is 6.34. The molecule has 2 rings (SSSR count). The number of benzene rings is 1. The van der Waals surface area contributed by atoms with E-state index < -0.39 is 15.8 Å². The molecule has 0 unspecified atom stereocenters. The molecule has 0 aromatic heterocycles. The van der Waals surface area contributed by atoms with Crippen molar-refractivity contribution >= 4 is 15.9 Å². The number of amides is 1. The molecule has 1 aromatic rings. The highest BCUT2D eigenvalue weighted by atomic mass is 32.2. The van der Waals surface area contributed by atoms with Gasteiger partial charge in [-0.25, -0.2) is 12.8 Å². The van der Waals surface area contributed by atoms with Crippen LogP contribution in [0.4, 0.5) is 4.39 Å². The van der Waals surface area contributed by atoms with Gasteiger partial charge in [-0.1, -0.05) is 26.0 Å². The molecule has 1 saturated heterocycles. The van der Waals surface area contributed by atoms with E-state index in [1.54, 1.807) is 0 Å². The molecule has 1 heterocycles. The Balaban J connectivity index is 2.00. The van der Waals surface area contributed by atoms with E-state index in [2.05, 4.69) is 5.32 Å². The van der Waals surface area contributed by atoms with E-state index in [-0.39, 0.29) is 35.9 Å². The van der Waals surface area contributed by atoms with Gasteiger partial charge in [-0.15, -0.1) is 0 Å². The molecule has 134 valence electrons. The highest BCUT2D eigenvalue weighted by Crippen LogP contribution is 2.25. The maximum Gasteiger partial charge on any atom is 0.245 e. The van der Waals surface area contributed by atoms with Crippen molar-refractivity contribution < 1.29 is 17.6 Å². The summed E-state index contributed by atoms with van der Waals surface area (Å²) in [5, 5.41) is 3.01. The van der Waals surface area contributed by atoms with Gasteiger partial charge in [-0.3, -0.25) is 4.79 Å². The predicted octanol–water partition coefficient (Wildman–Crippen LogP) is 2.53. The first-order valence-electron chi connectivity index (χ1n) is 8.45. The average molecular weight is 356 g/mol. The third-order valence-electron chi connectivity index (χ3n) is 4.61. The number of carbonyl (C=O) groups is 1. The van der Waals surface area contributed by atoms with Crippen LogP contribution >= 0.6 is 0 Å². The lowest BCUT2D eigenvalue weighted by Crippen LogP contribution is -2.45. The fourth-order valence-electron chi connectivity index (χ4n) is 2.96. The zero-order chi connectivity index (χ0) is 17.7. The average Bonchev–Trinajstić information content (AvgIpc) is 2.59. The van der Waals surface area contributed by atoms with E-state index in [1.165, 1.54) is 22.5 Å². The molecule has 1 aliphatic heterocycles. The second kappa shape index (κ2) is 8.07. The van der Waals surface area contributed by atoms with Gasteiger partial charge in [-0.2, -0.15) is 4.31 Å². The van der Waals surface area contributed by atoms with E-state index in [0.717, 1.165) is 18.9 Å². The van der Waals surface area contributed by atoms with Crippen molar-refractivity contribution in [2.24, 2.45) is 5.92 Å². The number of carbonyl (C=O) groups excluding carboxylic acids is 1. The zero-order valence-electron chi connectivity index (χ0n) is 14.2. The Hall–Kier alpha value is -1.47. The molecule has 0 aliphatic carbocycles. The third-order valence-corrected chi connectivity index (χ3v) is 6.54. The first-order chi connectivity index (χ1) is 11.4. The second-order valence-electron chi connectivity index (χ2n) is 6.13. The largest absolute Gasteiger partial charge is 0.353 e. The van der Waals surface area contributed by atoms with Crippen molar-refractivity contribution in [1.82, 2.24) is 9.62 Å². The number of sulfonamides is 1. The van der Waals surface area contributed by atoms with Crippen molar-refractivity contribution in [2.75, 3.05) is 13.1 Å². The van der Waals surface area contributed by atoms with Gasteiger partial charge in [0.25, 0.3) is 0 Å². The Bertz CT molecular complexity index is 666. The molecule has 7 heteroatoms. The fourth-order valence-corrected chi connectivity index (χ4v) is 4.50. The Labute approximate surface area is 143 Å². The van der Waals surface area contributed by atoms with Crippen molar-refractivity contribution in [3.8, 4) is 0 Å². The van der Waals surface area contributed by atoms with Crippen LogP contribution in [0.2, 0.25) is 0 Å². The van der Waals surface area contributed by atoms with Crippen molar-refractivity contribution in [2.45, 2.75) is 50.5 Å². The van der Waals surface area contributed by atoms with Crippen LogP contribution in [-0.4, -0.2) is 37.8 Å². The molecule has 1 amide bonds. The minimum atomic E-state index is -3.85. The normalized spacial score (nSPS) is 17.2. The molecule has 1 aliphatic rings. The molecular weight excluding hydrogens is 331 g/mol. The van der Waals surface area contributed by atoms with E-state index >= 15 is 0 Å². The number of hydrogen-bond acceptors (Lipinski definition) is 3. The Morgan fingerprint density at radius 2 is 1.83 bits per heavy atom. The van der Waals surface area contributed by atoms with Gasteiger partial charge in [0.1, 0.15) is 10.7 Å². The first kappa shape index (κ1) is 18.9. The summed E-state index contributed by atoms with van der Waals surface area (Å²) in [5.74, 6) is -0.935. The number of nitrogens with zero attached hydrogens (tertiary/aromatic N) is 1. The minimum Gasteiger partial charge on any atom is -0.353 e. The van der Waals surface area contributed by atoms with E-state index in [9.17, 15) is 17.6 Å². The number of rotatable bonds is 6. The summed E-state index contributed by atoms with van der Waals surface area (Å²) >= 11 is 0. The summed E-state index contributed by atoms with van der Waals surface area (Å²) < 4.78 is 40.1. The van der Waals surface area contributed by atoms with E-state index in [0.29, 0.717) is 12.8 Å². The lowest BCUT2D eigenvalue weighted by atomic mass is 9.96. The molecule has 1 aromatic carbocycles. The van der Waals surface area contributed by atoms with Gasteiger partial charge in [0.15, 0.2) is 0 Å². The molecular formula is C17H25FN2O3S. The number of halogens is 1. The van der Waals surface area contributed by atoms with E-state index in [1.807, 2.05) is 13.8 Å². The van der Waals surface area contributed by atoms with Gasteiger partial charge >= 0.3 is 0 Å². The van der Waals surface area contributed by atoms with Crippen LogP contribution in [0, 0.1) is 11.7 Å². The van der Waals surface area contributed by atoms with Crippen LogP contribution < -0.4 is 5.32 Å². The molecule has 1 N–H and O–H groups in total. The Morgan fingerprint density at radius 1 is 1.25 bits per heavy atom. The van der Waals surface area contributed by atoms with Crippen LogP contribution in [0.5, 0.6) is 0 Å². The lowest BCUT2D eigenvalue weighted by Gasteiger charge is -2.31. The maximum atomic E-state index is 13.8. The van der Waals surface area contributed by atoms with Crippen LogP contribution in [0.15, 0.2) is 29.2 Å². The van der Waals surface area contributed by atoms with Crippen LogP contribution in [0.1, 0.15) is 39.5 Å². The van der Waals surface area contributed by atoms with Gasteiger partial charge in [0.2, 0.25) is 15.9 Å². The molecule has 24 heavy (non-hydrogen) atoms. The molecule has 0 bridgehead atoms. The predicted molar refractivity (Wildman–Crippen MR) is 90.4 cm³/mol. The smallest absolute Gasteiger partial charge is 0.245 e. The minimum absolute atomic E-state index is 0.00774. The van der Waals surface area contributed by atoms with Crippen LogP contribution in [0.25, 0.3) is 0 Å². The molecule has 0 saturated carbocycles. The number of hydrogen-bond donors (Lipinski definition) is 1. The summed E-state index contributed by atoms with van der Waals surface area (Å²) in [6.07, 6.45) is 2.67. The monoisotopic (exact) mass is 356 g/mol. The first-order valence-corrected chi connectivity index (χ1v) is 9.89. The summed E-state index contributed by atoms with van der Waals surface area (Å²) in [6, 6.07) is 5.55. The molecule has 0 radical (unpaired) electrons. The second-order valence-corrected chi connectivity index (χ2v) is 8.04. The van der Waals surface area contributed by atoms with Gasteiger partial charge in [-0.05, 0) is 37.8 Å². The van der Waals surface area contributed by atoms with Gasteiger partial charge in [0.05, 0.1) is 0 Å². The van der Waals surface area contributed by atoms with Gasteiger partial charge < -0.3 is 5.32 Å². The fraction of sp³-hybridized carbons (Fsp3) is 0.588. The topological polar surface area (TPSA) is 66.5 Å². The molecule has 0 spiro atoms. The highest BCUT2D eigenvalue weighted by Gasteiger charge is 2.33. The molecule has 0 atom stereocenters. The molecule has 5 nitrogen and oxygen atoms in total. The van der Waals surface area contributed by atoms with E-state index in [4.69, 9.17) is 0 Å². The summed E-state index contributed by atoms with van der Waals surface area (Å²) in [6.45, 7) is 4.52. The summed E-state index contributed by atoms with van der Waals surface area (Å²) in [4.78, 5) is 12.0. The molecule has 1 fully saturated rings. The Morgan fingerprint density at radius 3 is 2.38 bits per heavy atom. The van der Waals surface area contributed by atoms with Crippen LogP contribution in [0.3, 0.4) is 0 Å². The maximum absolute atomic E-state index is 13.8. The SMILES string of the molecule is CCC(CC)NC(=O)C1CCN(S(=O)(=O)c2ccccc2F)CC1. The van der Waals surface area contributed by atoms with Gasteiger partial charge in [0, 0.05) is 25.0 Å². The number of piperidine rings is 1. The van der Waals surface area contributed by atoms with Crippen LogP contribution in [-0.2, 0) is 14.8 Å². The highest BCUT2D eigenvalue weighted by molar-refractivity contribution is 7.89. The lowest BCUT2D eigenvalue weighted by molar-refractivity contribution is -0.126. The number of nitrogens with one attached hydrogen (secondary N) is 1. The summed E-state index contributed by atoms with van der Waals surface area (Å²) in [7, 11) is -3.85. The van der Waals surface area contributed by atoms with Crippen molar-refractivity contribution in [3.05, 3.63) is 30.1 Å². The van der Waals surface area contributed by atoms with Crippen molar-refractivity contribution in [3.63, 3.8) is 0 Å². The third kappa shape index (κ3) is 4.13.